The third kappa shape index (κ3) is 9.13. The number of aliphatic hydroxyl groups excluding tert-OH is 1. The molecule has 0 fully saturated rings. The van der Waals surface area contributed by atoms with Crippen molar-refractivity contribution in [2.75, 3.05) is 27.2 Å². The second-order valence-corrected chi connectivity index (χ2v) is 12.1. The number of ether oxygens (including phenoxy) is 1. The summed E-state index contributed by atoms with van der Waals surface area (Å²) < 4.78 is 35.1. The number of carbonyl (C=O) groups excluding carboxylic acids is 2. The van der Waals surface area contributed by atoms with Crippen molar-refractivity contribution in [3.63, 3.8) is 0 Å². The summed E-state index contributed by atoms with van der Waals surface area (Å²) in [5, 5.41) is 22.0. The van der Waals surface area contributed by atoms with Crippen LogP contribution in [0.5, 0.6) is 5.75 Å². The van der Waals surface area contributed by atoms with Gasteiger partial charge in [0.1, 0.15) is 23.1 Å². The number of hydrogen-bond acceptors (Lipinski definition) is 6. The Morgan fingerprint density at radius 1 is 1.11 bits per heavy atom. The molecule has 46 heavy (non-hydrogen) atoms. The quantitative estimate of drug-likeness (QED) is 0.186. The van der Waals surface area contributed by atoms with Crippen LogP contribution < -0.4 is 15.4 Å². The van der Waals surface area contributed by atoms with Crippen LogP contribution in [0, 0.1) is 11.6 Å². The van der Waals surface area contributed by atoms with Gasteiger partial charge in [0.15, 0.2) is 5.69 Å². The summed E-state index contributed by atoms with van der Waals surface area (Å²) >= 11 is 0. The SMILES string of the molecule is CCCCCCN(C)C(=O)c1cc(C(=O)N[C@@H](Cc2cc(F)cc(F)c2)[C@H](O)CN[C@H]2CCCc3ccc(OC)cc32)nn1CC. The molecular weight excluding hydrogens is 592 g/mol. The molecule has 1 aromatic heterocycles. The maximum absolute atomic E-state index is 14.1. The van der Waals surface area contributed by atoms with E-state index in [1.54, 1.807) is 19.1 Å². The third-order valence-electron chi connectivity index (χ3n) is 8.62. The molecule has 0 bridgehead atoms. The van der Waals surface area contributed by atoms with Crippen molar-refractivity contribution in [1.82, 2.24) is 25.3 Å². The zero-order chi connectivity index (χ0) is 33.2. The lowest BCUT2D eigenvalue weighted by Gasteiger charge is -2.30. The van der Waals surface area contributed by atoms with Gasteiger partial charge in [-0.1, -0.05) is 32.3 Å². The number of nitrogens with one attached hydrogen (secondary N) is 2. The Kier molecular flexibility index (Phi) is 12.7. The van der Waals surface area contributed by atoms with Crippen LogP contribution in [0.25, 0.3) is 0 Å². The van der Waals surface area contributed by atoms with Gasteiger partial charge in [-0.2, -0.15) is 5.10 Å². The van der Waals surface area contributed by atoms with E-state index in [2.05, 4.69) is 28.7 Å². The molecule has 3 atom stereocenters. The number of unbranched alkanes of at least 4 members (excludes halogenated alkanes) is 3. The predicted octanol–water partition coefficient (Wildman–Crippen LogP) is 5.21. The number of hydrogen-bond donors (Lipinski definition) is 3. The average Bonchev–Trinajstić information content (AvgIpc) is 3.49. The number of carbonyl (C=O) groups is 2. The fourth-order valence-corrected chi connectivity index (χ4v) is 6.04. The zero-order valence-corrected chi connectivity index (χ0v) is 27.3. The van der Waals surface area contributed by atoms with Crippen molar-refractivity contribution >= 4 is 11.8 Å². The van der Waals surface area contributed by atoms with Crippen LogP contribution in [0.4, 0.5) is 8.78 Å². The number of aryl methyl sites for hydroxylation is 2. The number of benzene rings is 2. The summed E-state index contributed by atoms with van der Waals surface area (Å²) in [5.41, 5.74) is 2.91. The van der Waals surface area contributed by atoms with Gasteiger partial charge in [0, 0.05) is 44.9 Å². The van der Waals surface area contributed by atoms with E-state index < -0.39 is 29.7 Å². The Hall–Kier alpha value is -3.83. The summed E-state index contributed by atoms with van der Waals surface area (Å²) in [4.78, 5) is 28.4. The minimum atomic E-state index is -1.12. The Balaban J connectivity index is 1.51. The first-order chi connectivity index (χ1) is 22.1. The van der Waals surface area contributed by atoms with Gasteiger partial charge in [-0.15, -0.1) is 0 Å². The second kappa shape index (κ2) is 16.6. The summed E-state index contributed by atoms with van der Waals surface area (Å²) in [5.74, 6) is -1.57. The van der Waals surface area contributed by atoms with Crippen LogP contribution in [-0.4, -0.2) is 71.0 Å². The van der Waals surface area contributed by atoms with E-state index in [1.807, 2.05) is 19.1 Å². The van der Waals surface area contributed by atoms with Gasteiger partial charge >= 0.3 is 0 Å². The summed E-state index contributed by atoms with van der Waals surface area (Å²) in [6.45, 7) is 5.05. The maximum Gasteiger partial charge on any atom is 0.272 e. The van der Waals surface area contributed by atoms with E-state index in [1.165, 1.54) is 28.4 Å². The molecule has 0 spiro atoms. The molecule has 250 valence electrons. The number of aliphatic hydroxyl groups is 1. The molecule has 0 unspecified atom stereocenters. The Bertz CT molecular complexity index is 1460. The molecule has 1 aliphatic rings. The minimum absolute atomic E-state index is 0.0217. The standard InChI is InChI=1S/C35H47F2N5O4/c1-5-7-8-9-15-41(3)35(45)32-21-31(40-42(32)6-2)34(44)39-30(18-23-16-25(36)19-26(37)17-23)33(43)22-38-29-12-10-11-24-13-14-27(46-4)20-28(24)29/h13-14,16-17,19-21,29-30,33,38,43H,5-12,15,18,22H2,1-4H3,(H,39,44)/t29-,30-,33+/m0/s1. The highest BCUT2D eigenvalue weighted by Crippen LogP contribution is 2.32. The van der Waals surface area contributed by atoms with E-state index >= 15 is 0 Å². The van der Waals surface area contributed by atoms with Gasteiger partial charge in [0.2, 0.25) is 0 Å². The van der Waals surface area contributed by atoms with Crippen LogP contribution in [0.1, 0.15) is 96.1 Å². The molecule has 2 aromatic carbocycles. The molecule has 9 nitrogen and oxygen atoms in total. The highest BCUT2D eigenvalue weighted by Gasteiger charge is 2.28. The lowest BCUT2D eigenvalue weighted by molar-refractivity contribution is 0.0779. The third-order valence-corrected chi connectivity index (χ3v) is 8.62. The number of halogens is 2. The van der Waals surface area contributed by atoms with Crippen molar-refractivity contribution in [3.05, 3.63) is 82.2 Å². The summed E-state index contributed by atoms with van der Waals surface area (Å²) in [7, 11) is 3.36. The van der Waals surface area contributed by atoms with Crippen molar-refractivity contribution in [1.29, 1.82) is 0 Å². The predicted molar refractivity (Wildman–Crippen MR) is 173 cm³/mol. The fourth-order valence-electron chi connectivity index (χ4n) is 6.04. The van der Waals surface area contributed by atoms with E-state index in [4.69, 9.17) is 4.74 Å². The van der Waals surface area contributed by atoms with Gasteiger partial charge in [-0.05, 0) is 80.0 Å². The number of methoxy groups -OCH3 is 1. The molecule has 1 heterocycles. The molecule has 0 radical (unpaired) electrons. The number of nitrogens with zero attached hydrogens (tertiary/aromatic N) is 3. The zero-order valence-electron chi connectivity index (χ0n) is 27.3. The molecule has 0 aliphatic heterocycles. The molecule has 1 aliphatic carbocycles. The van der Waals surface area contributed by atoms with E-state index in [9.17, 15) is 23.5 Å². The van der Waals surface area contributed by atoms with Crippen LogP contribution in [0.2, 0.25) is 0 Å². The molecular formula is C35H47F2N5O4. The molecule has 11 heteroatoms. The summed E-state index contributed by atoms with van der Waals surface area (Å²) in [6.07, 6.45) is 5.77. The first-order valence-corrected chi connectivity index (χ1v) is 16.3. The normalized spacial score (nSPS) is 15.6. The average molecular weight is 640 g/mol. The molecule has 4 rings (SSSR count). The Morgan fingerprint density at radius 2 is 1.87 bits per heavy atom. The molecule has 2 amide bonds. The largest absolute Gasteiger partial charge is 0.497 e. The fraction of sp³-hybridized carbons (Fsp3) is 0.514. The minimum Gasteiger partial charge on any atom is -0.497 e. The first-order valence-electron chi connectivity index (χ1n) is 16.3. The van der Waals surface area contributed by atoms with Crippen LogP contribution in [-0.2, 0) is 19.4 Å². The highest BCUT2D eigenvalue weighted by molar-refractivity contribution is 5.98. The van der Waals surface area contributed by atoms with Gasteiger partial charge in [0.25, 0.3) is 11.8 Å². The molecule has 3 aromatic rings. The first kappa shape index (κ1) is 35.0. The lowest BCUT2D eigenvalue weighted by atomic mass is 9.87. The number of rotatable bonds is 16. The van der Waals surface area contributed by atoms with E-state index in [-0.39, 0.29) is 36.2 Å². The van der Waals surface area contributed by atoms with E-state index in [0.29, 0.717) is 18.8 Å². The number of amides is 2. The lowest BCUT2D eigenvalue weighted by Crippen LogP contribution is -2.49. The van der Waals surface area contributed by atoms with Crippen molar-refractivity contribution in [3.8, 4) is 5.75 Å². The molecule has 3 N–H and O–H groups in total. The Morgan fingerprint density at radius 3 is 2.57 bits per heavy atom. The van der Waals surface area contributed by atoms with Crippen LogP contribution in [0.3, 0.4) is 0 Å². The van der Waals surface area contributed by atoms with Crippen molar-refractivity contribution in [2.45, 2.75) is 89.9 Å². The van der Waals surface area contributed by atoms with Gasteiger partial charge in [0.05, 0.1) is 19.3 Å². The number of fused-ring (bicyclic) bond motifs is 1. The number of aromatic nitrogens is 2. The topological polar surface area (TPSA) is 109 Å². The van der Waals surface area contributed by atoms with Gasteiger partial charge in [-0.25, -0.2) is 8.78 Å². The monoisotopic (exact) mass is 639 g/mol. The summed E-state index contributed by atoms with van der Waals surface area (Å²) in [6, 6.07) is 9.64. The highest BCUT2D eigenvalue weighted by atomic mass is 19.1. The van der Waals surface area contributed by atoms with Crippen molar-refractivity contribution in [2.24, 2.45) is 0 Å². The Labute approximate surface area is 270 Å². The molecule has 0 saturated carbocycles. The van der Waals surface area contributed by atoms with Crippen LogP contribution in [0.15, 0.2) is 42.5 Å². The van der Waals surface area contributed by atoms with Gasteiger partial charge in [-0.3, -0.25) is 14.3 Å². The molecule has 0 saturated heterocycles. The van der Waals surface area contributed by atoms with Crippen molar-refractivity contribution < 1.29 is 28.2 Å². The van der Waals surface area contributed by atoms with E-state index in [0.717, 1.165) is 62.3 Å². The smallest absolute Gasteiger partial charge is 0.272 e. The second-order valence-electron chi connectivity index (χ2n) is 12.1. The van der Waals surface area contributed by atoms with Crippen LogP contribution >= 0.6 is 0 Å². The maximum atomic E-state index is 14.1. The van der Waals surface area contributed by atoms with Gasteiger partial charge < -0.3 is 25.4 Å².